The van der Waals surface area contributed by atoms with E-state index in [4.69, 9.17) is 16.3 Å². The van der Waals surface area contributed by atoms with Gasteiger partial charge in [0, 0.05) is 10.4 Å². The molecule has 3 aromatic rings. The summed E-state index contributed by atoms with van der Waals surface area (Å²) >= 11 is 6.04. The molecular weight excluding hydrogens is 336 g/mol. The topological polar surface area (TPSA) is 51.2 Å². The summed E-state index contributed by atoms with van der Waals surface area (Å²) < 4.78 is 5.69. The molecule has 0 aliphatic rings. The van der Waals surface area contributed by atoms with Crippen LogP contribution in [0.5, 0.6) is 5.75 Å². The number of carbonyl (C=O) groups is 1. The van der Waals surface area contributed by atoms with Crippen LogP contribution in [-0.4, -0.2) is 17.5 Å². The lowest BCUT2D eigenvalue weighted by molar-refractivity contribution is 0.102. The van der Waals surface area contributed by atoms with E-state index in [1.807, 2.05) is 50.2 Å². The lowest BCUT2D eigenvalue weighted by Gasteiger charge is -2.13. The van der Waals surface area contributed by atoms with Gasteiger partial charge in [-0.05, 0) is 49.7 Å². The van der Waals surface area contributed by atoms with E-state index >= 15 is 0 Å². The maximum Gasteiger partial charge on any atom is 0.257 e. The SMILES string of the molecule is CCCOc1ccccc1NC(=O)c1cc2cc(Cl)ccc2nc1C. The molecule has 0 spiro atoms. The zero-order valence-corrected chi connectivity index (χ0v) is 14.9. The van der Waals surface area contributed by atoms with E-state index in [0.29, 0.717) is 34.3 Å². The molecule has 0 unspecified atom stereocenters. The molecule has 0 saturated heterocycles. The highest BCUT2D eigenvalue weighted by atomic mass is 35.5. The number of amides is 1. The number of nitrogens with zero attached hydrogens (tertiary/aromatic N) is 1. The number of pyridine rings is 1. The predicted molar refractivity (Wildman–Crippen MR) is 102 cm³/mol. The van der Waals surface area contributed by atoms with Crippen LogP contribution < -0.4 is 10.1 Å². The van der Waals surface area contributed by atoms with Gasteiger partial charge in [-0.3, -0.25) is 9.78 Å². The van der Waals surface area contributed by atoms with Crippen LogP contribution in [0.2, 0.25) is 5.02 Å². The van der Waals surface area contributed by atoms with Gasteiger partial charge in [0.05, 0.1) is 29.1 Å². The molecule has 1 amide bonds. The number of hydrogen-bond acceptors (Lipinski definition) is 3. The van der Waals surface area contributed by atoms with Gasteiger partial charge in [-0.15, -0.1) is 0 Å². The lowest BCUT2D eigenvalue weighted by Crippen LogP contribution is -2.15. The number of aromatic nitrogens is 1. The number of fused-ring (bicyclic) bond motifs is 1. The van der Waals surface area contributed by atoms with Crippen molar-refractivity contribution in [1.82, 2.24) is 4.98 Å². The van der Waals surface area contributed by atoms with Gasteiger partial charge in [-0.2, -0.15) is 0 Å². The molecule has 4 nitrogen and oxygen atoms in total. The Hall–Kier alpha value is -2.59. The summed E-state index contributed by atoms with van der Waals surface area (Å²) in [4.78, 5) is 17.3. The number of carbonyl (C=O) groups excluding carboxylic acids is 1. The minimum Gasteiger partial charge on any atom is -0.491 e. The van der Waals surface area contributed by atoms with Crippen molar-refractivity contribution >= 4 is 34.1 Å². The Morgan fingerprint density at radius 2 is 2.00 bits per heavy atom. The van der Waals surface area contributed by atoms with Crippen LogP contribution in [0.25, 0.3) is 10.9 Å². The lowest BCUT2D eigenvalue weighted by atomic mass is 10.1. The van der Waals surface area contributed by atoms with Crippen molar-refractivity contribution in [2.75, 3.05) is 11.9 Å². The van der Waals surface area contributed by atoms with Crippen molar-refractivity contribution in [3.8, 4) is 5.75 Å². The fourth-order valence-electron chi connectivity index (χ4n) is 2.57. The maximum atomic E-state index is 12.7. The normalized spacial score (nSPS) is 10.7. The Bertz CT molecular complexity index is 925. The number of ether oxygens (including phenoxy) is 1. The average Bonchev–Trinajstić information content (AvgIpc) is 2.60. The van der Waals surface area contributed by atoms with Gasteiger partial charge in [0.15, 0.2) is 0 Å². The van der Waals surface area contributed by atoms with Crippen LogP contribution in [0.4, 0.5) is 5.69 Å². The van der Waals surface area contributed by atoms with Gasteiger partial charge in [0.25, 0.3) is 5.91 Å². The van der Waals surface area contributed by atoms with Gasteiger partial charge in [-0.1, -0.05) is 30.7 Å². The number of nitrogens with one attached hydrogen (secondary N) is 1. The third-order valence-corrected chi connectivity index (χ3v) is 4.04. The Balaban J connectivity index is 1.91. The number of halogens is 1. The molecule has 0 aliphatic heterocycles. The van der Waals surface area contributed by atoms with E-state index < -0.39 is 0 Å². The van der Waals surface area contributed by atoms with E-state index in [-0.39, 0.29) is 5.91 Å². The second kappa shape index (κ2) is 7.53. The zero-order chi connectivity index (χ0) is 17.8. The highest BCUT2D eigenvalue weighted by molar-refractivity contribution is 6.31. The molecule has 1 heterocycles. The summed E-state index contributed by atoms with van der Waals surface area (Å²) in [6.45, 7) is 4.46. The summed E-state index contributed by atoms with van der Waals surface area (Å²) in [6.07, 6.45) is 0.900. The highest BCUT2D eigenvalue weighted by Crippen LogP contribution is 2.26. The number of anilines is 1. The second-order valence-electron chi connectivity index (χ2n) is 5.76. The first-order valence-corrected chi connectivity index (χ1v) is 8.56. The van der Waals surface area contributed by atoms with Crippen molar-refractivity contribution in [3.05, 3.63) is 64.8 Å². The number of para-hydroxylation sites is 2. The molecule has 128 valence electrons. The standard InChI is InChI=1S/C20H19ClN2O2/c1-3-10-25-19-7-5-4-6-18(19)23-20(24)16-12-14-11-15(21)8-9-17(14)22-13(16)2/h4-9,11-12H,3,10H2,1-2H3,(H,23,24). The summed E-state index contributed by atoms with van der Waals surface area (Å²) in [5.74, 6) is 0.437. The molecule has 0 radical (unpaired) electrons. The minimum atomic E-state index is -0.223. The molecule has 25 heavy (non-hydrogen) atoms. The molecule has 2 aromatic carbocycles. The van der Waals surface area contributed by atoms with Gasteiger partial charge in [-0.25, -0.2) is 0 Å². The third kappa shape index (κ3) is 3.91. The Labute approximate surface area is 151 Å². The molecule has 1 N–H and O–H groups in total. The quantitative estimate of drug-likeness (QED) is 0.681. The van der Waals surface area contributed by atoms with Crippen LogP contribution in [0.3, 0.4) is 0 Å². The zero-order valence-electron chi connectivity index (χ0n) is 14.2. The molecule has 0 aliphatic carbocycles. The van der Waals surface area contributed by atoms with Gasteiger partial charge >= 0.3 is 0 Å². The van der Waals surface area contributed by atoms with Gasteiger partial charge < -0.3 is 10.1 Å². The Kier molecular flexibility index (Phi) is 5.19. The number of aryl methyl sites for hydroxylation is 1. The van der Waals surface area contributed by atoms with Crippen molar-refractivity contribution in [3.63, 3.8) is 0 Å². The number of benzene rings is 2. The molecule has 5 heteroatoms. The van der Waals surface area contributed by atoms with Gasteiger partial charge in [0.1, 0.15) is 5.75 Å². The summed E-state index contributed by atoms with van der Waals surface area (Å²) in [7, 11) is 0. The van der Waals surface area contributed by atoms with Crippen LogP contribution in [-0.2, 0) is 0 Å². The molecule has 0 bridgehead atoms. The van der Waals surface area contributed by atoms with Crippen molar-refractivity contribution in [2.45, 2.75) is 20.3 Å². The largest absolute Gasteiger partial charge is 0.491 e. The average molecular weight is 355 g/mol. The third-order valence-electron chi connectivity index (χ3n) is 3.81. The molecular formula is C20H19ClN2O2. The van der Waals surface area contributed by atoms with E-state index in [1.54, 1.807) is 12.1 Å². The molecule has 3 rings (SSSR count). The monoisotopic (exact) mass is 354 g/mol. The van der Waals surface area contributed by atoms with E-state index in [1.165, 1.54) is 0 Å². The summed E-state index contributed by atoms with van der Waals surface area (Å²) in [5.41, 5.74) is 2.64. The van der Waals surface area contributed by atoms with Crippen LogP contribution in [0, 0.1) is 6.92 Å². The first-order chi connectivity index (χ1) is 12.1. The Morgan fingerprint density at radius 1 is 1.20 bits per heavy atom. The molecule has 0 fully saturated rings. The van der Waals surface area contributed by atoms with Gasteiger partial charge in [0.2, 0.25) is 0 Å². The number of rotatable bonds is 5. The summed E-state index contributed by atoms with van der Waals surface area (Å²) in [5, 5.41) is 4.36. The highest BCUT2D eigenvalue weighted by Gasteiger charge is 2.14. The van der Waals surface area contributed by atoms with Crippen molar-refractivity contribution < 1.29 is 9.53 Å². The minimum absolute atomic E-state index is 0.223. The molecule has 1 aromatic heterocycles. The fourth-order valence-corrected chi connectivity index (χ4v) is 2.75. The van der Waals surface area contributed by atoms with E-state index in [9.17, 15) is 4.79 Å². The fraction of sp³-hybridized carbons (Fsp3) is 0.200. The molecule has 0 atom stereocenters. The second-order valence-corrected chi connectivity index (χ2v) is 6.19. The predicted octanol–water partition coefficient (Wildman–Crippen LogP) is 5.24. The maximum absolute atomic E-state index is 12.7. The smallest absolute Gasteiger partial charge is 0.257 e. The van der Waals surface area contributed by atoms with Crippen LogP contribution in [0.15, 0.2) is 48.5 Å². The van der Waals surface area contributed by atoms with Crippen molar-refractivity contribution in [2.24, 2.45) is 0 Å². The first kappa shape index (κ1) is 17.2. The Morgan fingerprint density at radius 3 is 2.80 bits per heavy atom. The first-order valence-electron chi connectivity index (χ1n) is 8.18. The summed E-state index contributed by atoms with van der Waals surface area (Å²) in [6, 6.07) is 14.7. The molecule has 0 saturated carbocycles. The van der Waals surface area contributed by atoms with Crippen molar-refractivity contribution in [1.29, 1.82) is 0 Å². The van der Waals surface area contributed by atoms with Crippen LogP contribution >= 0.6 is 11.6 Å². The van der Waals surface area contributed by atoms with E-state index in [0.717, 1.165) is 17.3 Å². The van der Waals surface area contributed by atoms with E-state index in [2.05, 4.69) is 10.3 Å². The number of hydrogen-bond donors (Lipinski definition) is 1. The van der Waals surface area contributed by atoms with Crippen LogP contribution in [0.1, 0.15) is 29.4 Å².